The minimum absolute atomic E-state index is 0.0186. The molecule has 1 aliphatic heterocycles. The molecular formula is C19H29FN6O. The molecule has 1 saturated heterocycles. The van der Waals surface area contributed by atoms with Gasteiger partial charge in [-0.15, -0.1) is 0 Å². The van der Waals surface area contributed by atoms with Gasteiger partial charge in [-0.3, -0.25) is 4.79 Å². The first kappa shape index (κ1) is 19.4. The molecule has 0 atom stereocenters. The molecule has 148 valence electrons. The molecule has 1 aromatic heterocycles. The van der Waals surface area contributed by atoms with Crippen LogP contribution < -0.4 is 10.2 Å². The Bertz CT molecular complexity index is 666. The van der Waals surface area contributed by atoms with E-state index in [1.165, 1.54) is 18.9 Å². The first-order valence-corrected chi connectivity index (χ1v) is 9.66. The molecular weight excluding hydrogens is 347 g/mol. The third-order valence-electron chi connectivity index (χ3n) is 5.17. The Balaban J connectivity index is 1.65. The molecule has 1 amide bonds. The number of hydrogen-bond acceptors (Lipinski definition) is 4. The second-order valence-electron chi connectivity index (χ2n) is 7.34. The first-order chi connectivity index (χ1) is 13.0. The van der Waals surface area contributed by atoms with Crippen molar-refractivity contribution in [3.05, 3.63) is 24.1 Å². The number of carbonyl (C=O) groups excluding carboxylic acids is 1. The molecule has 1 saturated carbocycles. The zero-order valence-corrected chi connectivity index (χ0v) is 16.2. The molecule has 0 radical (unpaired) electrons. The van der Waals surface area contributed by atoms with E-state index in [4.69, 9.17) is 0 Å². The lowest BCUT2D eigenvalue weighted by Gasteiger charge is -2.38. The summed E-state index contributed by atoms with van der Waals surface area (Å²) < 4.78 is 14.0. The van der Waals surface area contributed by atoms with Crippen LogP contribution in [-0.2, 0) is 4.79 Å². The maximum absolute atomic E-state index is 14.0. The van der Waals surface area contributed by atoms with Crippen molar-refractivity contribution in [2.45, 2.75) is 31.7 Å². The van der Waals surface area contributed by atoms with Gasteiger partial charge >= 0.3 is 0 Å². The Morgan fingerprint density at radius 1 is 1.30 bits per heavy atom. The van der Waals surface area contributed by atoms with Crippen molar-refractivity contribution < 1.29 is 9.18 Å². The standard InChI is InChI=1S/C19H29FN6O/c1-24(2)17(27)14-22-19(23-15-6-3-4-7-15)26-12-10-25(11-13-26)18-16(20)8-5-9-21-18/h5,8-9,15H,3-4,6-7,10-14H2,1-2H3,(H,22,23). The molecule has 0 unspecified atom stereocenters. The summed E-state index contributed by atoms with van der Waals surface area (Å²) in [4.78, 5) is 26.4. The Kier molecular flexibility index (Phi) is 6.47. The van der Waals surface area contributed by atoms with Crippen LogP contribution in [0, 0.1) is 5.82 Å². The van der Waals surface area contributed by atoms with Gasteiger partial charge in [0, 0.05) is 52.5 Å². The van der Waals surface area contributed by atoms with E-state index in [0.29, 0.717) is 38.0 Å². The zero-order chi connectivity index (χ0) is 19.2. The third kappa shape index (κ3) is 5.08. The number of amides is 1. The minimum atomic E-state index is -0.291. The number of nitrogens with one attached hydrogen (secondary N) is 1. The second-order valence-corrected chi connectivity index (χ2v) is 7.34. The minimum Gasteiger partial charge on any atom is -0.353 e. The van der Waals surface area contributed by atoms with E-state index in [2.05, 4.69) is 20.2 Å². The molecule has 0 aromatic carbocycles. The third-order valence-corrected chi connectivity index (χ3v) is 5.17. The van der Waals surface area contributed by atoms with Crippen molar-refractivity contribution in [3.63, 3.8) is 0 Å². The first-order valence-electron chi connectivity index (χ1n) is 9.66. The molecule has 0 bridgehead atoms. The number of halogens is 1. The van der Waals surface area contributed by atoms with Crippen LogP contribution in [0.4, 0.5) is 10.2 Å². The molecule has 27 heavy (non-hydrogen) atoms. The van der Waals surface area contributed by atoms with Crippen LogP contribution >= 0.6 is 0 Å². The lowest BCUT2D eigenvalue weighted by atomic mass is 10.2. The lowest BCUT2D eigenvalue weighted by Crippen LogP contribution is -2.54. The SMILES string of the molecule is CN(C)C(=O)CN=C(NC1CCCC1)N1CCN(c2ncccc2F)CC1. The summed E-state index contributed by atoms with van der Waals surface area (Å²) in [7, 11) is 3.48. The van der Waals surface area contributed by atoms with Crippen molar-refractivity contribution in [1.29, 1.82) is 0 Å². The Morgan fingerprint density at radius 2 is 2.00 bits per heavy atom. The van der Waals surface area contributed by atoms with Gasteiger partial charge in [0.15, 0.2) is 17.6 Å². The number of piperazine rings is 1. The highest BCUT2D eigenvalue weighted by molar-refractivity contribution is 5.85. The van der Waals surface area contributed by atoms with Crippen LogP contribution in [0.1, 0.15) is 25.7 Å². The predicted molar refractivity (Wildman–Crippen MR) is 104 cm³/mol. The van der Waals surface area contributed by atoms with Gasteiger partial charge in [0.25, 0.3) is 0 Å². The van der Waals surface area contributed by atoms with Crippen LogP contribution in [0.3, 0.4) is 0 Å². The molecule has 2 heterocycles. The molecule has 2 aliphatic rings. The molecule has 0 spiro atoms. The molecule has 2 fully saturated rings. The summed E-state index contributed by atoms with van der Waals surface area (Å²) >= 11 is 0. The van der Waals surface area contributed by atoms with E-state index in [9.17, 15) is 9.18 Å². The fourth-order valence-electron chi connectivity index (χ4n) is 3.51. The second kappa shape index (κ2) is 9.01. The lowest BCUT2D eigenvalue weighted by molar-refractivity contribution is -0.127. The summed E-state index contributed by atoms with van der Waals surface area (Å²) in [6.07, 6.45) is 6.36. The number of rotatable bonds is 4. The van der Waals surface area contributed by atoms with Crippen molar-refractivity contribution in [2.75, 3.05) is 51.7 Å². The number of pyridine rings is 1. The summed E-state index contributed by atoms with van der Waals surface area (Å²) in [5, 5.41) is 3.54. The number of aliphatic imine (C=N–C) groups is 1. The van der Waals surface area contributed by atoms with Crippen molar-refractivity contribution in [2.24, 2.45) is 4.99 Å². The van der Waals surface area contributed by atoms with E-state index >= 15 is 0 Å². The topological polar surface area (TPSA) is 64.1 Å². The van der Waals surface area contributed by atoms with E-state index in [1.807, 2.05) is 4.90 Å². The van der Waals surface area contributed by atoms with Gasteiger partial charge in [-0.05, 0) is 25.0 Å². The maximum atomic E-state index is 14.0. The highest BCUT2D eigenvalue weighted by Crippen LogP contribution is 2.19. The number of likely N-dealkylation sites (N-methyl/N-ethyl adjacent to an activating group) is 1. The van der Waals surface area contributed by atoms with Crippen LogP contribution in [0.25, 0.3) is 0 Å². The maximum Gasteiger partial charge on any atom is 0.243 e. The predicted octanol–water partition coefficient (Wildman–Crippen LogP) is 1.32. The van der Waals surface area contributed by atoms with Crippen LogP contribution in [0.5, 0.6) is 0 Å². The molecule has 3 rings (SSSR count). The average molecular weight is 376 g/mol. The Hall–Kier alpha value is -2.38. The molecule has 1 aromatic rings. The monoisotopic (exact) mass is 376 g/mol. The smallest absolute Gasteiger partial charge is 0.243 e. The van der Waals surface area contributed by atoms with Crippen LogP contribution in [0.15, 0.2) is 23.3 Å². The number of nitrogens with zero attached hydrogens (tertiary/aromatic N) is 5. The number of anilines is 1. The normalized spacial score (nSPS) is 18.7. The molecule has 7 nitrogen and oxygen atoms in total. The van der Waals surface area contributed by atoms with Gasteiger partial charge < -0.3 is 20.0 Å². The van der Waals surface area contributed by atoms with E-state index in [-0.39, 0.29) is 18.3 Å². The average Bonchev–Trinajstić information content (AvgIpc) is 3.18. The fraction of sp³-hybridized carbons (Fsp3) is 0.632. The van der Waals surface area contributed by atoms with Crippen molar-refractivity contribution in [3.8, 4) is 0 Å². The van der Waals surface area contributed by atoms with E-state index in [1.54, 1.807) is 31.3 Å². The largest absolute Gasteiger partial charge is 0.353 e. The summed E-state index contributed by atoms with van der Waals surface area (Å²) in [6.45, 7) is 2.90. The fourth-order valence-corrected chi connectivity index (χ4v) is 3.51. The van der Waals surface area contributed by atoms with Gasteiger partial charge in [-0.1, -0.05) is 12.8 Å². The Morgan fingerprint density at radius 3 is 2.63 bits per heavy atom. The van der Waals surface area contributed by atoms with Gasteiger partial charge in [0.2, 0.25) is 5.91 Å². The summed E-state index contributed by atoms with van der Waals surface area (Å²) in [6, 6.07) is 3.47. The van der Waals surface area contributed by atoms with Crippen LogP contribution in [0.2, 0.25) is 0 Å². The quantitative estimate of drug-likeness (QED) is 0.634. The molecule has 1 N–H and O–H groups in total. The van der Waals surface area contributed by atoms with Crippen LogP contribution in [-0.4, -0.2) is 79.5 Å². The highest BCUT2D eigenvalue weighted by Gasteiger charge is 2.25. The van der Waals surface area contributed by atoms with Gasteiger partial charge in [-0.2, -0.15) is 0 Å². The molecule has 8 heteroatoms. The number of carbonyl (C=O) groups is 1. The van der Waals surface area contributed by atoms with E-state index in [0.717, 1.165) is 18.8 Å². The zero-order valence-electron chi connectivity index (χ0n) is 16.2. The summed E-state index contributed by atoms with van der Waals surface area (Å²) in [5.74, 6) is 0.885. The molecule has 1 aliphatic carbocycles. The number of hydrogen-bond donors (Lipinski definition) is 1. The van der Waals surface area contributed by atoms with Gasteiger partial charge in [-0.25, -0.2) is 14.4 Å². The van der Waals surface area contributed by atoms with E-state index < -0.39 is 0 Å². The summed E-state index contributed by atoms with van der Waals surface area (Å²) in [5.41, 5.74) is 0. The van der Waals surface area contributed by atoms with Gasteiger partial charge in [0.05, 0.1) is 0 Å². The van der Waals surface area contributed by atoms with Crippen molar-refractivity contribution in [1.82, 2.24) is 20.1 Å². The highest BCUT2D eigenvalue weighted by atomic mass is 19.1. The van der Waals surface area contributed by atoms with Gasteiger partial charge in [0.1, 0.15) is 6.54 Å². The number of aromatic nitrogens is 1. The number of guanidine groups is 1. The van der Waals surface area contributed by atoms with Crippen molar-refractivity contribution >= 4 is 17.7 Å². The Labute approximate surface area is 160 Å².